The second-order valence-electron chi connectivity index (χ2n) is 8.05. The maximum absolute atomic E-state index is 13.0. The van der Waals surface area contributed by atoms with Gasteiger partial charge in [0, 0.05) is 18.5 Å². The lowest BCUT2D eigenvalue weighted by molar-refractivity contribution is -0.123. The molecule has 1 saturated heterocycles. The van der Waals surface area contributed by atoms with Gasteiger partial charge >= 0.3 is 0 Å². The SMILES string of the molecule is CC(C)(C)C1CC(=O)N(c2cccc(C(=O)NCc3ccc(F)cc3)c2)C1=O. The molecule has 28 heavy (non-hydrogen) atoms. The third-order valence-corrected chi connectivity index (χ3v) is 4.92. The van der Waals surface area contributed by atoms with E-state index in [1.165, 1.54) is 17.0 Å². The minimum atomic E-state index is -0.379. The predicted molar refractivity (Wildman–Crippen MR) is 104 cm³/mol. The highest BCUT2D eigenvalue weighted by Crippen LogP contribution is 2.37. The molecule has 3 rings (SSSR count). The molecule has 1 atom stereocenters. The third-order valence-electron chi connectivity index (χ3n) is 4.92. The average Bonchev–Trinajstić information content (AvgIpc) is 2.95. The van der Waals surface area contributed by atoms with Gasteiger partial charge in [0.15, 0.2) is 0 Å². The summed E-state index contributed by atoms with van der Waals surface area (Å²) in [6, 6.07) is 12.3. The van der Waals surface area contributed by atoms with E-state index in [1.807, 2.05) is 20.8 Å². The number of carbonyl (C=O) groups is 3. The molecule has 2 aromatic carbocycles. The topological polar surface area (TPSA) is 66.5 Å². The van der Waals surface area contributed by atoms with Crippen molar-refractivity contribution < 1.29 is 18.8 Å². The number of hydrogen-bond donors (Lipinski definition) is 1. The number of benzene rings is 2. The van der Waals surface area contributed by atoms with Gasteiger partial charge in [0.2, 0.25) is 11.8 Å². The first-order valence-corrected chi connectivity index (χ1v) is 9.16. The molecular weight excluding hydrogens is 359 g/mol. The zero-order valence-corrected chi connectivity index (χ0v) is 16.2. The first-order valence-electron chi connectivity index (χ1n) is 9.16. The number of imide groups is 1. The summed E-state index contributed by atoms with van der Waals surface area (Å²) in [5, 5.41) is 2.76. The molecule has 1 unspecified atom stereocenters. The molecule has 3 amide bonds. The Morgan fingerprint density at radius 2 is 1.82 bits per heavy atom. The van der Waals surface area contributed by atoms with Crippen molar-refractivity contribution in [3.05, 3.63) is 65.5 Å². The zero-order valence-electron chi connectivity index (χ0n) is 16.2. The zero-order chi connectivity index (χ0) is 20.5. The summed E-state index contributed by atoms with van der Waals surface area (Å²) in [7, 11) is 0. The van der Waals surface area contributed by atoms with Gasteiger partial charge in [-0.15, -0.1) is 0 Å². The van der Waals surface area contributed by atoms with E-state index >= 15 is 0 Å². The Morgan fingerprint density at radius 3 is 2.43 bits per heavy atom. The van der Waals surface area contributed by atoms with Gasteiger partial charge in [-0.05, 0) is 41.3 Å². The molecule has 0 radical (unpaired) electrons. The van der Waals surface area contributed by atoms with Gasteiger partial charge in [-0.25, -0.2) is 4.39 Å². The fraction of sp³-hybridized carbons (Fsp3) is 0.318. The number of carbonyl (C=O) groups excluding carboxylic acids is 3. The second kappa shape index (κ2) is 7.54. The van der Waals surface area contributed by atoms with E-state index < -0.39 is 0 Å². The average molecular weight is 382 g/mol. The van der Waals surface area contributed by atoms with Gasteiger partial charge in [-0.1, -0.05) is 39.0 Å². The molecule has 0 aromatic heterocycles. The molecule has 0 aliphatic carbocycles. The van der Waals surface area contributed by atoms with E-state index in [0.717, 1.165) is 5.56 Å². The predicted octanol–water partition coefficient (Wildman–Crippen LogP) is 3.68. The molecule has 1 fully saturated rings. The van der Waals surface area contributed by atoms with Crippen LogP contribution in [-0.4, -0.2) is 17.7 Å². The summed E-state index contributed by atoms with van der Waals surface area (Å²) >= 11 is 0. The molecule has 2 aromatic rings. The van der Waals surface area contributed by atoms with Gasteiger partial charge in [0.25, 0.3) is 5.91 Å². The molecule has 0 saturated carbocycles. The van der Waals surface area contributed by atoms with Crippen molar-refractivity contribution in [3.8, 4) is 0 Å². The standard InChI is InChI=1S/C22H23FN2O3/c1-22(2,3)18-12-19(26)25(21(18)28)17-6-4-5-15(11-17)20(27)24-13-14-7-9-16(23)10-8-14/h4-11,18H,12-13H2,1-3H3,(H,24,27). The Balaban J connectivity index is 1.75. The van der Waals surface area contributed by atoms with Crippen LogP contribution in [0.4, 0.5) is 10.1 Å². The van der Waals surface area contributed by atoms with Gasteiger partial charge < -0.3 is 5.32 Å². The van der Waals surface area contributed by atoms with Gasteiger partial charge in [-0.2, -0.15) is 0 Å². The van der Waals surface area contributed by atoms with Crippen LogP contribution in [0.1, 0.15) is 43.1 Å². The van der Waals surface area contributed by atoms with E-state index in [2.05, 4.69) is 5.32 Å². The number of amides is 3. The second-order valence-corrected chi connectivity index (χ2v) is 8.05. The number of halogens is 1. The quantitative estimate of drug-likeness (QED) is 0.821. The maximum atomic E-state index is 13.0. The van der Waals surface area contributed by atoms with Crippen molar-refractivity contribution in [3.63, 3.8) is 0 Å². The van der Waals surface area contributed by atoms with Crippen LogP contribution >= 0.6 is 0 Å². The van der Waals surface area contributed by atoms with Crippen LogP contribution in [0.3, 0.4) is 0 Å². The van der Waals surface area contributed by atoms with Gasteiger partial charge in [0.05, 0.1) is 11.6 Å². The van der Waals surface area contributed by atoms with Crippen LogP contribution in [0.2, 0.25) is 0 Å². The highest BCUT2D eigenvalue weighted by atomic mass is 19.1. The molecule has 1 aliphatic rings. The summed E-state index contributed by atoms with van der Waals surface area (Å²) in [4.78, 5) is 38.8. The smallest absolute Gasteiger partial charge is 0.251 e. The van der Waals surface area contributed by atoms with Crippen LogP contribution in [0.25, 0.3) is 0 Å². The van der Waals surface area contributed by atoms with Crippen LogP contribution in [0, 0.1) is 17.2 Å². The largest absolute Gasteiger partial charge is 0.348 e. The van der Waals surface area contributed by atoms with Crippen molar-refractivity contribution in [1.29, 1.82) is 0 Å². The van der Waals surface area contributed by atoms with Gasteiger partial charge in [0.1, 0.15) is 5.82 Å². The summed E-state index contributed by atoms with van der Waals surface area (Å²) in [6.45, 7) is 6.06. The number of hydrogen-bond acceptors (Lipinski definition) is 3. The van der Waals surface area contributed by atoms with Crippen LogP contribution in [0.5, 0.6) is 0 Å². The van der Waals surface area contributed by atoms with Crippen molar-refractivity contribution in [2.45, 2.75) is 33.7 Å². The van der Waals surface area contributed by atoms with Crippen molar-refractivity contribution >= 4 is 23.4 Å². The molecule has 1 aliphatic heterocycles. The minimum Gasteiger partial charge on any atom is -0.348 e. The molecule has 6 heteroatoms. The van der Waals surface area contributed by atoms with Crippen LogP contribution in [0.15, 0.2) is 48.5 Å². The van der Waals surface area contributed by atoms with Crippen LogP contribution < -0.4 is 10.2 Å². The van der Waals surface area contributed by atoms with Crippen molar-refractivity contribution in [1.82, 2.24) is 5.32 Å². The lowest BCUT2D eigenvalue weighted by Crippen LogP contribution is -2.34. The Bertz CT molecular complexity index is 916. The Kier molecular flexibility index (Phi) is 5.31. The molecule has 0 bridgehead atoms. The molecule has 5 nitrogen and oxygen atoms in total. The normalized spacial score (nSPS) is 17.1. The minimum absolute atomic E-state index is 0.170. The van der Waals surface area contributed by atoms with E-state index in [0.29, 0.717) is 11.3 Å². The molecule has 1 N–H and O–H groups in total. The van der Waals surface area contributed by atoms with E-state index in [1.54, 1.807) is 36.4 Å². The summed E-state index contributed by atoms with van der Waals surface area (Å²) in [5.74, 6) is -1.54. The summed E-state index contributed by atoms with van der Waals surface area (Å²) in [6.07, 6.45) is 0.170. The Hall–Kier alpha value is -3.02. The highest BCUT2D eigenvalue weighted by molar-refractivity contribution is 6.21. The van der Waals surface area contributed by atoms with Crippen molar-refractivity contribution in [2.75, 3.05) is 4.90 Å². The van der Waals surface area contributed by atoms with Crippen LogP contribution in [-0.2, 0) is 16.1 Å². The fourth-order valence-corrected chi connectivity index (χ4v) is 3.25. The van der Waals surface area contributed by atoms with Gasteiger partial charge in [-0.3, -0.25) is 19.3 Å². The van der Waals surface area contributed by atoms with E-state index in [4.69, 9.17) is 0 Å². The molecule has 0 spiro atoms. The lowest BCUT2D eigenvalue weighted by Gasteiger charge is -2.25. The van der Waals surface area contributed by atoms with Crippen molar-refractivity contribution in [2.24, 2.45) is 11.3 Å². The fourth-order valence-electron chi connectivity index (χ4n) is 3.25. The number of nitrogens with zero attached hydrogens (tertiary/aromatic N) is 1. The monoisotopic (exact) mass is 382 g/mol. The molecule has 1 heterocycles. The first-order chi connectivity index (χ1) is 13.2. The number of anilines is 1. The summed E-state index contributed by atoms with van der Waals surface area (Å²) < 4.78 is 13.0. The summed E-state index contributed by atoms with van der Waals surface area (Å²) in [5.41, 5.74) is 1.20. The van der Waals surface area contributed by atoms with E-state index in [-0.39, 0.29) is 47.8 Å². The Morgan fingerprint density at radius 1 is 1.14 bits per heavy atom. The number of nitrogens with one attached hydrogen (secondary N) is 1. The maximum Gasteiger partial charge on any atom is 0.251 e. The highest BCUT2D eigenvalue weighted by Gasteiger charge is 2.45. The number of rotatable bonds is 4. The molecular formula is C22H23FN2O3. The van der Waals surface area contributed by atoms with E-state index in [9.17, 15) is 18.8 Å². The lowest BCUT2D eigenvalue weighted by atomic mass is 9.80. The molecule has 146 valence electrons. The Labute approximate surface area is 163 Å². The first kappa shape index (κ1) is 19.7. The third kappa shape index (κ3) is 4.11.